The molecule has 2 aliphatic rings. The highest BCUT2D eigenvalue weighted by Crippen LogP contribution is 2.42. The zero-order chi connectivity index (χ0) is 16.5. The molecule has 1 fully saturated rings. The Kier molecular flexibility index (Phi) is 4.12. The number of aromatic nitrogens is 2. The van der Waals surface area contributed by atoms with Crippen LogP contribution in [0.15, 0.2) is 40.5 Å². The minimum atomic E-state index is -0.163. The summed E-state index contributed by atoms with van der Waals surface area (Å²) in [6, 6.07) is 6.48. The lowest BCUT2D eigenvalue weighted by atomic mass is 9.96. The summed E-state index contributed by atoms with van der Waals surface area (Å²) in [7, 11) is 0. The van der Waals surface area contributed by atoms with Crippen LogP contribution in [-0.4, -0.2) is 33.9 Å². The van der Waals surface area contributed by atoms with Gasteiger partial charge in [-0.2, -0.15) is 0 Å². The van der Waals surface area contributed by atoms with E-state index in [4.69, 9.17) is 5.73 Å². The number of hydrogen-bond acceptors (Lipinski definition) is 6. The van der Waals surface area contributed by atoms with Crippen molar-refractivity contribution in [1.29, 1.82) is 0 Å². The van der Waals surface area contributed by atoms with Gasteiger partial charge in [-0.15, -0.1) is 0 Å². The van der Waals surface area contributed by atoms with E-state index in [0.717, 1.165) is 49.0 Å². The number of likely N-dealkylation sites (tertiary alicyclic amines) is 1. The van der Waals surface area contributed by atoms with Crippen molar-refractivity contribution in [2.75, 3.05) is 18.4 Å². The molecule has 3 N–H and O–H groups in total. The van der Waals surface area contributed by atoms with Gasteiger partial charge in [-0.25, -0.2) is 9.97 Å². The number of primary amides is 1. The third-order valence-corrected chi connectivity index (χ3v) is 5.63. The number of nitrogens with two attached hydrogens (primary N) is 1. The summed E-state index contributed by atoms with van der Waals surface area (Å²) in [4.78, 5) is 23.5. The lowest BCUT2D eigenvalue weighted by Crippen LogP contribution is -2.38. The molecule has 1 amide bonds. The molecule has 1 saturated heterocycles. The van der Waals surface area contributed by atoms with Crippen LogP contribution in [0.4, 0.5) is 11.5 Å². The van der Waals surface area contributed by atoms with Crippen LogP contribution in [0.2, 0.25) is 0 Å². The average molecular weight is 341 g/mol. The Morgan fingerprint density at radius 3 is 2.88 bits per heavy atom. The monoisotopic (exact) mass is 341 g/mol. The molecular weight excluding hydrogens is 322 g/mol. The lowest BCUT2D eigenvalue weighted by molar-refractivity contribution is -0.123. The van der Waals surface area contributed by atoms with E-state index >= 15 is 0 Å². The average Bonchev–Trinajstić information content (AvgIpc) is 2.60. The molecule has 0 atom stereocenters. The largest absolute Gasteiger partial charge is 0.369 e. The normalized spacial score (nSPS) is 17.7. The van der Waals surface area contributed by atoms with Crippen molar-refractivity contribution in [3.05, 3.63) is 36.2 Å². The Balaban J connectivity index is 1.45. The van der Waals surface area contributed by atoms with Crippen LogP contribution >= 0.6 is 11.8 Å². The number of carbonyl (C=O) groups is 1. The van der Waals surface area contributed by atoms with Crippen LogP contribution in [0.5, 0.6) is 0 Å². The highest BCUT2D eigenvalue weighted by molar-refractivity contribution is 7.99. The van der Waals surface area contributed by atoms with E-state index in [9.17, 15) is 4.79 Å². The topological polar surface area (TPSA) is 84.1 Å². The van der Waals surface area contributed by atoms with Gasteiger partial charge in [0.05, 0.1) is 5.69 Å². The maximum Gasteiger partial charge on any atom is 0.220 e. The van der Waals surface area contributed by atoms with Gasteiger partial charge in [0, 0.05) is 29.8 Å². The van der Waals surface area contributed by atoms with Gasteiger partial charge in [0.2, 0.25) is 5.91 Å². The fraction of sp³-hybridized carbons (Fsp3) is 0.353. The number of piperidine rings is 1. The third kappa shape index (κ3) is 3.09. The van der Waals surface area contributed by atoms with Gasteiger partial charge in [0.25, 0.3) is 0 Å². The number of carbonyl (C=O) groups excluding carboxylic acids is 1. The maximum absolute atomic E-state index is 11.3. The van der Waals surface area contributed by atoms with E-state index in [2.05, 4.69) is 38.4 Å². The van der Waals surface area contributed by atoms with E-state index in [1.807, 2.05) is 0 Å². The van der Waals surface area contributed by atoms with Gasteiger partial charge in [-0.05, 0) is 43.6 Å². The predicted molar refractivity (Wildman–Crippen MR) is 93.1 cm³/mol. The number of nitrogens with one attached hydrogen (secondary N) is 1. The van der Waals surface area contributed by atoms with Crippen LogP contribution in [0.1, 0.15) is 18.4 Å². The van der Waals surface area contributed by atoms with Crippen molar-refractivity contribution in [3.63, 3.8) is 0 Å². The molecule has 0 saturated carbocycles. The highest BCUT2D eigenvalue weighted by atomic mass is 32.2. The van der Waals surface area contributed by atoms with Crippen molar-refractivity contribution in [2.24, 2.45) is 11.7 Å². The molecule has 2 aliphatic heterocycles. The van der Waals surface area contributed by atoms with Crippen LogP contribution < -0.4 is 11.1 Å². The molecular formula is C17H19N5OS. The van der Waals surface area contributed by atoms with Crippen LogP contribution in [0.25, 0.3) is 0 Å². The van der Waals surface area contributed by atoms with Crippen LogP contribution in [0.3, 0.4) is 0 Å². The van der Waals surface area contributed by atoms with Crippen molar-refractivity contribution in [3.8, 4) is 0 Å². The van der Waals surface area contributed by atoms with Crippen molar-refractivity contribution in [2.45, 2.75) is 29.3 Å². The Morgan fingerprint density at radius 2 is 2.08 bits per heavy atom. The van der Waals surface area contributed by atoms with E-state index in [1.54, 1.807) is 24.2 Å². The summed E-state index contributed by atoms with van der Waals surface area (Å²) in [5, 5.41) is 4.27. The van der Waals surface area contributed by atoms with E-state index in [-0.39, 0.29) is 11.8 Å². The molecule has 0 bridgehead atoms. The quantitative estimate of drug-likeness (QED) is 0.761. The first kappa shape index (κ1) is 15.4. The summed E-state index contributed by atoms with van der Waals surface area (Å²) in [5.74, 6) is 0.691. The minimum absolute atomic E-state index is 0.0397. The summed E-state index contributed by atoms with van der Waals surface area (Å²) in [6.07, 6.45) is 5.13. The van der Waals surface area contributed by atoms with Gasteiger partial charge in [0.1, 0.15) is 5.03 Å². The number of fused-ring (bicyclic) bond motifs is 2. The first-order valence-electron chi connectivity index (χ1n) is 8.09. The number of hydrogen-bond donors (Lipinski definition) is 2. The first-order valence-corrected chi connectivity index (χ1v) is 8.91. The molecule has 3 heterocycles. The van der Waals surface area contributed by atoms with E-state index < -0.39 is 0 Å². The molecule has 6 nitrogen and oxygen atoms in total. The number of nitrogens with zero attached hydrogens (tertiary/aromatic N) is 3. The molecule has 24 heavy (non-hydrogen) atoms. The summed E-state index contributed by atoms with van der Waals surface area (Å²) >= 11 is 1.64. The highest BCUT2D eigenvalue weighted by Gasteiger charge is 2.23. The van der Waals surface area contributed by atoms with Gasteiger partial charge >= 0.3 is 0 Å². The Hall–Kier alpha value is -2.12. The van der Waals surface area contributed by atoms with Gasteiger partial charge < -0.3 is 11.1 Å². The molecule has 1 aromatic heterocycles. The lowest BCUT2D eigenvalue weighted by Gasteiger charge is -2.30. The molecule has 0 spiro atoms. The second-order valence-electron chi connectivity index (χ2n) is 6.22. The number of amides is 1. The zero-order valence-electron chi connectivity index (χ0n) is 13.2. The molecule has 7 heteroatoms. The summed E-state index contributed by atoms with van der Waals surface area (Å²) in [5.41, 5.74) is 7.74. The first-order chi connectivity index (χ1) is 11.7. The Bertz CT molecular complexity index is 773. The molecule has 1 aromatic carbocycles. The summed E-state index contributed by atoms with van der Waals surface area (Å²) < 4.78 is 0. The molecule has 4 rings (SSSR count). The fourth-order valence-electron chi connectivity index (χ4n) is 3.21. The van der Waals surface area contributed by atoms with Crippen LogP contribution in [-0.2, 0) is 11.3 Å². The predicted octanol–water partition coefficient (Wildman–Crippen LogP) is 2.38. The second-order valence-corrected chi connectivity index (χ2v) is 7.25. The zero-order valence-corrected chi connectivity index (χ0v) is 14.1. The van der Waals surface area contributed by atoms with Crippen molar-refractivity contribution in [1.82, 2.24) is 14.9 Å². The molecule has 124 valence electrons. The minimum Gasteiger partial charge on any atom is -0.369 e. The Labute approximate surface area is 144 Å². The number of rotatable bonds is 3. The molecule has 2 aromatic rings. The SMILES string of the molecule is NC(=O)C1CCN(Cc2ccc3c(c2)Nc2nccnc2S3)CC1. The van der Waals surface area contributed by atoms with Crippen molar-refractivity contribution >= 4 is 29.2 Å². The van der Waals surface area contributed by atoms with Crippen LogP contribution in [0, 0.1) is 5.92 Å². The van der Waals surface area contributed by atoms with Crippen molar-refractivity contribution < 1.29 is 4.79 Å². The van der Waals surface area contributed by atoms with E-state index in [1.165, 1.54) is 10.5 Å². The number of benzene rings is 1. The van der Waals surface area contributed by atoms with Gasteiger partial charge in [-0.3, -0.25) is 9.69 Å². The smallest absolute Gasteiger partial charge is 0.220 e. The van der Waals surface area contributed by atoms with E-state index in [0.29, 0.717) is 0 Å². The Morgan fingerprint density at radius 1 is 1.29 bits per heavy atom. The summed E-state index contributed by atoms with van der Waals surface area (Å²) in [6.45, 7) is 2.72. The van der Waals surface area contributed by atoms with Gasteiger partial charge in [-0.1, -0.05) is 17.8 Å². The second kappa shape index (κ2) is 6.41. The molecule has 0 radical (unpaired) electrons. The van der Waals surface area contributed by atoms with Gasteiger partial charge in [0.15, 0.2) is 5.82 Å². The number of anilines is 2. The fourth-order valence-corrected chi connectivity index (χ4v) is 4.09. The third-order valence-electron chi connectivity index (χ3n) is 4.56. The maximum atomic E-state index is 11.3. The standard InChI is InChI=1S/C17H19N5OS/c18-15(23)12-3-7-22(8-4-12)10-11-1-2-14-13(9-11)21-16-17(24-14)20-6-5-19-16/h1-2,5-6,9,12H,3-4,7-8,10H2,(H2,18,23)(H,19,21). The molecule has 0 aliphatic carbocycles. The molecule has 0 unspecified atom stereocenters.